The van der Waals surface area contributed by atoms with Crippen molar-refractivity contribution in [2.75, 3.05) is 0 Å². The molecular formula is C23H32N3O+. The molecule has 2 saturated carbocycles. The Balaban J connectivity index is 1.55. The summed E-state index contributed by atoms with van der Waals surface area (Å²) in [7, 11) is 0. The molecule has 0 N–H and O–H groups in total. The van der Waals surface area contributed by atoms with Crippen molar-refractivity contribution in [1.82, 2.24) is 9.78 Å². The number of ether oxygens (including phenoxy) is 1. The summed E-state index contributed by atoms with van der Waals surface area (Å²) in [6.07, 6.45) is 6.03. The van der Waals surface area contributed by atoms with Crippen molar-refractivity contribution in [2.24, 2.45) is 16.7 Å². The van der Waals surface area contributed by atoms with Gasteiger partial charge in [-0.05, 0) is 62.5 Å². The molecule has 2 bridgehead atoms. The first-order valence-corrected chi connectivity index (χ1v) is 10.4. The minimum atomic E-state index is -0.0394. The number of nitrogens with zero attached hydrogens (tertiary/aromatic N) is 3. The van der Waals surface area contributed by atoms with Gasteiger partial charge in [-0.2, -0.15) is 0 Å². The molecule has 2 aliphatic carbocycles. The monoisotopic (exact) mass is 366 g/mol. The van der Waals surface area contributed by atoms with Gasteiger partial charge in [0.2, 0.25) is 6.33 Å². The lowest BCUT2D eigenvalue weighted by Gasteiger charge is -2.48. The number of aromatic nitrogens is 3. The SMILES string of the molecule is Cc1cc(C)c(-n2c[n+]3c(n2)CO[C@@]2(C[C@H]4CC[C@]2(C)C4(C)C)C3)c(C)c1. The van der Waals surface area contributed by atoms with Gasteiger partial charge in [-0.3, -0.25) is 0 Å². The maximum absolute atomic E-state index is 6.66. The van der Waals surface area contributed by atoms with Crippen LogP contribution < -0.4 is 4.57 Å². The smallest absolute Gasteiger partial charge is 0.303 e. The molecule has 1 spiro atoms. The fourth-order valence-corrected chi connectivity index (χ4v) is 6.66. The molecule has 3 aliphatic rings. The molecule has 4 heteroatoms. The fraction of sp³-hybridized carbons (Fsp3) is 0.652. The van der Waals surface area contributed by atoms with Gasteiger partial charge in [0.15, 0.2) is 0 Å². The van der Waals surface area contributed by atoms with Gasteiger partial charge < -0.3 is 4.74 Å². The van der Waals surface area contributed by atoms with E-state index >= 15 is 0 Å². The molecule has 1 aromatic carbocycles. The first-order valence-electron chi connectivity index (χ1n) is 10.4. The third kappa shape index (κ3) is 2.08. The van der Waals surface area contributed by atoms with Gasteiger partial charge in [-0.1, -0.05) is 43.1 Å². The molecule has 144 valence electrons. The van der Waals surface area contributed by atoms with E-state index in [-0.39, 0.29) is 11.0 Å². The third-order valence-electron chi connectivity index (χ3n) is 8.59. The van der Waals surface area contributed by atoms with Crippen LogP contribution in [0.3, 0.4) is 0 Å². The van der Waals surface area contributed by atoms with Crippen LogP contribution in [0, 0.1) is 37.5 Å². The van der Waals surface area contributed by atoms with Gasteiger partial charge in [0.05, 0.1) is 0 Å². The van der Waals surface area contributed by atoms with Gasteiger partial charge in [-0.15, -0.1) is 0 Å². The van der Waals surface area contributed by atoms with E-state index in [9.17, 15) is 0 Å². The lowest BCUT2D eigenvalue weighted by atomic mass is 9.64. The largest absolute Gasteiger partial charge is 0.360 e. The van der Waals surface area contributed by atoms with Gasteiger partial charge in [0.1, 0.15) is 24.4 Å². The zero-order valence-electron chi connectivity index (χ0n) is 17.6. The van der Waals surface area contributed by atoms with Crippen LogP contribution in [0.1, 0.15) is 62.5 Å². The van der Waals surface area contributed by atoms with Crippen molar-refractivity contribution < 1.29 is 9.30 Å². The van der Waals surface area contributed by atoms with Gasteiger partial charge in [0, 0.05) is 10.5 Å². The second kappa shape index (κ2) is 5.22. The van der Waals surface area contributed by atoms with Crippen LogP contribution in [0.25, 0.3) is 5.69 Å². The first kappa shape index (κ1) is 17.4. The number of benzene rings is 1. The number of hydrogen-bond acceptors (Lipinski definition) is 2. The van der Waals surface area contributed by atoms with E-state index in [0.717, 1.165) is 18.3 Å². The van der Waals surface area contributed by atoms with E-state index < -0.39 is 0 Å². The summed E-state index contributed by atoms with van der Waals surface area (Å²) in [5.74, 6) is 1.82. The lowest BCUT2D eigenvalue weighted by molar-refractivity contribution is -0.736. The van der Waals surface area contributed by atoms with Crippen molar-refractivity contribution in [1.29, 1.82) is 0 Å². The average Bonchev–Trinajstić information content (AvgIpc) is 3.12. The standard InChI is InChI=1S/C23H32N3O/c1-15-9-16(2)20(17(3)10-15)26-14-25-13-23(27-12-19(25)24-26)11-18-7-8-22(23,6)21(18,4)5/h9-10,14,18H,7-8,11-13H2,1-6H3/q+1/t18-,22-,23+/m1/s1. The second-order valence-electron chi connectivity index (χ2n) is 10.1. The normalized spacial score (nSPS) is 33.6. The summed E-state index contributed by atoms with van der Waals surface area (Å²) in [5.41, 5.74) is 5.61. The van der Waals surface area contributed by atoms with Crippen LogP contribution in [0.4, 0.5) is 0 Å². The Hall–Kier alpha value is -1.68. The number of fused-ring (bicyclic) bond motifs is 4. The van der Waals surface area contributed by atoms with Crippen LogP contribution in [0.2, 0.25) is 0 Å². The Morgan fingerprint density at radius 2 is 1.85 bits per heavy atom. The second-order valence-corrected chi connectivity index (χ2v) is 10.1. The van der Waals surface area contributed by atoms with Crippen molar-refractivity contribution in [3.8, 4) is 5.69 Å². The summed E-state index contributed by atoms with van der Waals surface area (Å²) < 4.78 is 11.1. The topological polar surface area (TPSA) is 30.9 Å². The molecule has 2 aromatic rings. The van der Waals surface area contributed by atoms with E-state index in [2.05, 4.69) is 69.3 Å². The molecule has 0 unspecified atom stereocenters. The zero-order chi connectivity index (χ0) is 19.2. The first-order chi connectivity index (χ1) is 12.7. The Bertz CT molecular complexity index is 920. The van der Waals surface area contributed by atoms with Crippen LogP contribution >= 0.6 is 0 Å². The molecule has 27 heavy (non-hydrogen) atoms. The molecule has 0 saturated heterocycles. The molecule has 1 aliphatic heterocycles. The number of aryl methyl sites for hydroxylation is 3. The summed E-state index contributed by atoms with van der Waals surface area (Å²) in [4.78, 5) is 0. The van der Waals surface area contributed by atoms with E-state index in [0.29, 0.717) is 12.0 Å². The predicted octanol–water partition coefficient (Wildman–Crippen LogP) is 4.20. The van der Waals surface area contributed by atoms with Crippen LogP contribution in [-0.2, 0) is 17.9 Å². The van der Waals surface area contributed by atoms with E-state index in [4.69, 9.17) is 9.84 Å². The quantitative estimate of drug-likeness (QED) is 0.708. The van der Waals surface area contributed by atoms with E-state index in [1.807, 2.05) is 0 Å². The number of rotatable bonds is 1. The molecule has 2 heterocycles. The molecule has 5 rings (SSSR count). The maximum atomic E-state index is 6.66. The highest BCUT2D eigenvalue weighted by Gasteiger charge is 2.71. The molecule has 3 atom stereocenters. The van der Waals surface area contributed by atoms with Crippen molar-refractivity contribution in [2.45, 2.75) is 79.6 Å². The highest BCUT2D eigenvalue weighted by atomic mass is 16.5. The predicted molar refractivity (Wildman–Crippen MR) is 105 cm³/mol. The minimum Gasteiger partial charge on any atom is -0.360 e. The molecule has 2 fully saturated rings. The van der Waals surface area contributed by atoms with Gasteiger partial charge >= 0.3 is 5.82 Å². The van der Waals surface area contributed by atoms with Crippen LogP contribution in [0.15, 0.2) is 18.5 Å². The highest BCUT2D eigenvalue weighted by Crippen LogP contribution is 2.71. The zero-order valence-corrected chi connectivity index (χ0v) is 17.6. The lowest BCUT2D eigenvalue weighted by Crippen LogP contribution is -2.61. The summed E-state index contributed by atoms with van der Waals surface area (Å²) >= 11 is 0. The molecular weight excluding hydrogens is 334 g/mol. The highest BCUT2D eigenvalue weighted by molar-refractivity contribution is 5.48. The maximum Gasteiger partial charge on any atom is 0.303 e. The van der Waals surface area contributed by atoms with Crippen molar-refractivity contribution in [3.05, 3.63) is 41.0 Å². The van der Waals surface area contributed by atoms with E-state index in [1.54, 1.807) is 0 Å². The molecule has 4 nitrogen and oxygen atoms in total. The van der Waals surface area contributed by atoms with Gasteiger partial charge in [0.25, 0.3) is 0 Å². The Labute approximate surface area is 162 Å². The van der Waals surface area contributed by atoms with Gasteiger partial charge in [-0.25, -0.2) is 4.57 Å². The van der Waals surface area contributed by atoms with Crippen molar-refractivity contribution in [3.63, 3.8) is 0 Å². The molecule has 1 aromatic heterocycles. The molecule has 0 amide bonds. The summed E-state index contributed by atoms with van der Waals surface area (Å²) in [6.45, 7) is 15.5. The van der Waals surface area contributed by atoms with Crippen LogP contribution in [-0.4, -0.2) is 15.4 Å². The summed E-state index contributed by atoms with van der Waals surface area (Å²) in [6, 6.07) is 4.48. The molecule has 0 radical (unpaired) electrons. The van der Waals surface area contributed by atoms with Crippen LogP contribution in [0.5, 0.6) is 0 Å². The van der Waals surface area contributed by atoms with E-state index in [1.165, 1.54) is 41.6 Å². The Morgan fingerprint density at radius 1 is 1.15 bits per heavy atom. The third-order valence-corrected chi connectivity index (χ3v) is 8.59. The fourth-order valence-electron chi connectivity index (χ4n) is 6.66. The summed E-state index contributed by atoms with van der Waals surface area (Å²) in [5, 5.41) is 4.90. The Kier molecular flexibility index (Phi) is 3.37. The minimum absolute atomic E-state index is 0.0394. The average molecular weight is 367 g/mol. The van der Waals surface area contributed by atoms with Crippen molar-refractivity contribution >= 4 is 0 Å². The Morgan fingerprint density at radius 3 is 2.44 bits per heavy atom. The number of hydrogen-bond donors (Lipinski definition) is 0.